The minimum atomic E-state index is -0.295. The van der Waals surface area contributed by atoms with E-state index in [1.54, 1.807) is 24.5 Å². The zero-order valence-corrected chi connectivity index (χ0v) is 20.7. The summed E-state index contributed by atoms with van der Waals surface area (Å²) in [6, 6.07) is 9.47. The summed E-state index contributed by atoms with van der Waals surface area (Å²) >= 11 is 0. The quantitative estimate of drug-likeness (QED) is 0.298. The maximum absolute atomic E-state index is 13.1. The van der Waals surface area contributed by atoms with E-state index in [4.69, 9.17) is 14.5 Å². The molecule has 8 nitrogen and oxygen atoms in total. The van der Waals surface area contributed by atoms with Crippen LogP contribution in [0.4, 0.5) is 0 Å². The van der Waals surface area contributed by atoms with Crippen LogP contribution in [0.1, 0.15) is 40.4 Å². The summed E-state index contributed by atoms with van der Waals surface area (Å²) < 4.78 is 12.7. The summed E-state index contributed by atoms with van der Waals surface area (Å²) in [6.45, 7) is 6.77. The topological polar surface area (TPSA) is 90.7 Å². The number of para-hydroxylation sites is 1. The van der Waals surface area contributed by atoms with Gasteiger partial charge in [-0.05, 0) is 19.1 Å². The summed E-state index contributed by atoms with van der Waals surface area (Å²) in [7, 11) is 0. The van der Waals surface area contributed by atoms with Crippen molar-refractivity contribution < 1.29 is 19.1 Å². The van der Waals surface area contributed by atoms with E-state index in [0.717, 1.165) is 22.0 Å². The highest BCUT2D eigenvalue weighted by molar-refractivity contribution is 5.98. The highest BCUT2D eigenvalue weighted by Gasteiger charge is 2.29. The minimum absolute atomic E-state index is 0. The maximum atomic E-state index is 13.1. The van der Waals surface area contributed by atoms with Gasteiger partial charge in [-0.3, -0.25) is 19.3 Å². The lowest BCUT2D eigenvalue weighted by Gasteiger charge is -2.25. The van der Waals surface area contributed by atoms with Gasteiger partial charge in [0.05, 0.1) is 43.2 Å². The molecule has 0 bridgehead atoms. The first kappa shape index (κ1) is 25.0. The molecule has 0 radical (unpaired) electrons. The third kappa shape index (κ3) is 4.61. The summed E-state index contributed by atoms with van der Waals surface area (Å²) in [5.74, 6) is -0.361. The Morgan fingerprint density at radius 1 is 1.17 bits per heavy atom. The largest absolute Gasteiger partial charge is 0.460 e. The number of rotatable bonds is 6. The Kier molecular flexibility index (Phi) is 7.35. The van der Waals surface area contributed by atoms with Gasteiger partial charge in [-0.15, -0.1) is 12.4 Å². The molecule has 0 atom stereocenters. The third-order valence-electron chi connectivity index (χ3n) is 6.67. The Balaban J connectivity index is 0.00000289. The number of ether oxygens (including phenoxy) is 2. The Labute approximate surface area is 209 Å². The Bertz CT molecular complexity index is 1360. The van der Waals surface area contributed by atoms with Gasteiger partial charge < -0.3 is 14.0 Å². The zero-order chi connectivity index (χ0) is 23.8. The van der Waals surface area contributed by atoms with Crippen molar-refractivity contribution in [3.63, 3.8) is 0 Å². The van der Waals surface area contributed by atoms with Gasteiger partial charge in [0.25, 0.3) is 5.56 Å². The molecule has 3 aromatic rings. The predicted octanol–water partition coefficient (Wildman–Crippen LogP) is 3.12. The number of hydrogen-bond donors (Lipinski definition) is 0. The normalized spacial score (nSPS) is 14.8. The molecule has 35 heavy (non-hydrogen) atoms. The standard InChI is InChI=1S/C26H27N3O5.ClH/c1-3-23(30)18-12-22-25-19(13-29(22)26(32)16(18)2)20(17-6-4-5-7-21(17)27-25)15-34-24(31)14-28-8-10-33-11-9-28;/h4-7,12H,3,8-11,13-15H2,1-2H3;1H. The van der Waals surface area contributed by atoms with E-state index in [-0.39, 0.29) is 42.9 Å². The molecule has 1 saturated heterocycles. The van der Waals surface area contributed by atoms with Crippen molar-refractivity contribution in [3.8, 4) is 11.4 Å². The van der Waals surface area contributed by atoms with Crippen LogP contribution in [0.2, 0.25) is 0 Å². The van der Waals surface area contributed by atoms with Gasteiger partial charge in [-0.25, -0.2) is 4.98 Å². The first-order valence-corrected chi connectivity index (χ1v) is 11.6. The van der Waals surface area contributed by atoms with Crippen molar-refractivity contribution in [2.45, 2.75) is 33.4 Å². The average molecular weight is 498 g/mol. The molecule has 1 fully saturated rings. The van der Waals surface area contributed by atoms with Crippen LogP contribution in [-0.4, -0.2) is 59.1 Å². The number of halogens is 1. The van der Waals surface area contributed by atoms with Gasteiger partial charge in [0.15, 0.2) is 5.78 Å². The molecular weight excluding hydrogens is 470 g/mol. The summed E-state index contributed by atoms with van der Waals surface area (Å²) in [5, 5.41) is 0.892. The molecule has 2 aliphatic heterocycles. The molecule has 0 amide bonds. The van der Waals surface area contributed by atoms with Crippen LogP contribution in [0.3, 0.4) is 0 Å². The number of carbonyl (C=O) groups excluding carboxylic acids is 2. The van der Waals surface area contributed by atoms with Crippen molar-refractivity contribution in [2.24, 2.45) is 0 Å². The highest BCUT2D eigenvalue weighted by Crippen LogP contribution is 2.36. The van der Waals surface area contributed by atoms with Gasteiger partial charge in [-0.2, -0.15) is 0 Å². The molecule has 0 saturated carbocycles. The van der Waals surface area contributed by atoms with Crippen molar-refractivity contribution in [2.75, 3.05) is 32.8 Å². The van der Waals surface area contributed by atoms with Gasteiger partial charge in [0, 0.05) is 47.2 Å². The SMILES string of the molecule is CCC(=O)c1cc2n(c(=O)c1C)Cc1c-2nc2ccccc2c1COC(=O)CN1CCOCC1.Cl. The first-order valence-electron chi connectivity index (χ1n) is 11.6. The zero-order valence-electron chi connectivity index (χ0n) is 19.8. The van der Waals surface area contributed by atoms with E-state index in [1.165, 1.54) is 0 Å². The minimum Gasteiger partial charge on any atom is -0.460 e. The third-order valence-corrected chi connectivity index (χ3v) is 6.67. The van der Waals surface area contributed by atoms with Crippen LogP contribution in [0.25, 0.3) is 22.3 Å². The van der Waals surface area contributed by atoms with Crippen LogP contribution in [0.15, 0.2) is 35.1 Å². The molecule has 0 spiro atoms. The van der Waals surface area contributed by atoms with Crippen LogP contribution in [0, 0.1) is 6.92 Å². The van der Waals surface area contributed by atoms with E-state index in [0.29, 0.717) is 61.8 Å². The fourth-order valence-electron chi connectivity index (χ4n) is 4.75. The molecule has 4 heterocycles. The lowest BCUT2D eigenvalue weighted by Crippen LogP contribution is -2.40. The van der Waals surface area contributed by atoms with E-state index < -0.39 is 0 Å². The maximum Gasteiger partial charge on any atom is 0.320 e. The van der Waals surface area contributed by atoms with Crippen molar-refractivity contribution in [3.05, 3.63) is 62.9 Å². The number of pyridine rings is 2. The summed E-state index contributed by atoms with van der Waals surface area (Å²) in [4.78, 5) is 45.1. The fourth-order valence-corrected chi connectivity index (χ4v) is 4.75. The van der Waals surface area contributed by atoms with Crippen molar-refractivity contribution in [1.82, 2.24) is 14.5 Å². The van der Waals surface area contributed by atoms with E-state index >= 15 is 0 Å². The van der Waals surface area contributed by atoms with Gasteiger partial charge in [0.2, 0.25) is 0 Å². The molecule has 0 N–H and O–H groups in total. The molecule has 1 aromatic carbocycles. The average Bonchev–Trinajstić information content (AvgIpc) is 3.22. The van der Waals surface area contributed by atoms with Gasteiger partial charge >= 0.3 is 5.97 Å². The Morgan fingerprint density at radius 3 is 2.66 bits per heavy atom. The number of aromatic nitrogens is 2. The van der Waals surface area contributed by atoms with Crippen LogP contribution in [0.5, 0.6) is 0 Å². The molecular formula is C26H28ClN3O5. The van der Waals surface area contributed by atoms with Gasteiger partial charge in [0.1, 0.15) is 6.61 Å². The van der Waals surface area contributed by atoms with Crippen LogP contribution in [-0.2, 0) is 27.4 Å². The van der Waals surface area contributed by atoms with Crippen molar-refractivity contribution >= 4 is 35.1 Å². The number of ketones is 1. The number of hydrogen-bond acceptors (Lipinski definition) is 7. The lowest BCUT2D eigenvalue weighted by molar-refractivity contribution is -0.147. The summed E-state index contributed by atoms with van der Waals surface area (Å²) in [6.07, 6.45) is 0.325. The van der Waals surface area contributed by atoms with E-state index in [2.05, 4.69) is 0 Å². The molecule has 184 valence electrons. The van der Waals surface area contributed by atoms with E-state index in [1.807, 2.05) is 29.2 Å². The van der Waals surface area contributed by atoms with Gasteiger partial charge in [-0.1, -0.05) is 25.1 Å². The second kappa shape index (κ2) is 10.3. The molecule has 2 aliphatic rings. The predicted molar refractivity (Wildman–Crippen MR) is 134 cm³/mol. The number of fused-ring (bicyclic) bond motifs is 4. The Hall–Kier alpha value is -3.07. The number of nitrogens with zero attached hydrogens (tertiary/aromatic N) is 3. The molecule has 5 rings (SSSR count). The molecule has 0 unspecified atom stereocenters. The lowest BCUT2D eigenvalue weighted by atomic mass is 10.00. The van der Waals surface area contributed by atoms with Crippen molar-refractivity contribution in [1.29, 1.82) is 0 Å². The number of Topliss-reactive ketones (excluding diaryl/α,β-unsaturated/α-hetero) is 1. The number of morpholine rings is 1. The number of carbonyl (C=O) groups is 2. The molecule has 9 heteroatoms. The second-order valence-electron chi connectivity index (χ2n) is 8.72. The first-order chi connectivity index (χ1) is 16.5. The monoisotopic (exact) mass is 497 g/mol. The number of benzene rings is 1. The second-order valence-corrected chi connectivity index (χ2v) is 8.72. The smallest absolute Gasteiger partial charge is 0.320 e. The van der Waals surface area contributed by atoms with Crippen LogP contribution < -0.4 is 5.56 Å². The van der Waals surface area contributed by atoms with Crippen LogP contribution >= 0.6 is 12.4 Å². The fraction of sp³-hybridized carbons (Fsp3) is 0.385. The molecule has 2 aromatic heterocycles. The van der Waals surface area contributed by atoms with E-state index in [9.17, 15) is 14.4 Å². The Morgan fingerprint density at radius 2 is 1.91 bits per heavy atom. The number of esters is 1. The highest BCUT2D eigenvalue weighted by atomic mass is 35.5. The summed E-state index contributed by atoms with van der Waals surface area (Å²) in [5.41, 5.74) is 4.47. The molecule has 0 aliphatic carbocycles.